The van der Waals surface area contributed by atoms with Gasteiger partial charge in [-0.3, -0.25) is 9.89 Å². The summed E-state index contributed by atoms with van der Waals surface area (Å²) in [6.07, 6.45) is 0. The Morgan fingerprint density at radius 2 is 2.00 bits per heavy atom. The number of carboxylic acids is 1. The van der Waals surface area contributed by atoms with Crippen molar-refractivity contribution < 1.29 is 23.1 Å². The third-order valence-corrected chi connectivity index (χ3v) is 4.36. The van der Waals surface area contributed by atoms with Crippen LogP contribution in [-0.2, 0) is 14.8 Å². The first-order valence-corrected chi connectivity index (χ1v) is 7.58. The minimum Gasteiger partial charge on any atom is -0.478 e. The molecule has 0 fully saturated rings. The van der Waals surface area contributed by atoms with E-state index in [2.05, 4.69) is 10.2 Å². The minimum atomic E-state index is -4.24. The fraction of sp³-hybridized carbons (Fsp3) is 0.545. The number of hydrogen-bond donors (Lipinski definition) is 3. The second kappa shape index (κ2) is 6.22. The number of nitrogens with one attached hydrogen (secondary N) is 1. The second-order valence-corrected chi connectivity index (χ2v) is 6.84. The van der Waals surface area contributed by atoms with Crippen molar-refractivity contribution in [2.24, 2.45) is 11.7 Å². The molecule has 0 aliphatic rings. The predicted octanol–water partition coefficient (Wildman–Crippen LogP) is -0.452. The molecule has 1 aromatic rings. The normalized spacial score (nSPS) is 12.0. The molecule has 0 aliphatic carbocycles. The van der Waals surface area contributed by atoms with Gasteiger partial charge < -0.3 is 10.8 Å². The van der Waals surface area contributed by atoms with E-state index in [9.17, 15) is 18.0 Å². The molecular formula is C11H18N4O5S. The number of sulfonamides is 1. The van der Waals surface area contributed by atoms with Crippen LogP contribution in [0.2, 0.25) is 0 Å². The Labute approximate surface area is 122 Å². The molecule has 118 valence electrons. The van der Waals surface area contributed by atoms with E-state index in [1.165, 1.54) is 6.92 Å². The summed E-state index contributed by atoms with van der Waals surface area (Å²) in [5.74, 6) is -2.32. The zero-order valence-electron chi connectivity index (χ0n) is 12.0. The average molecular weight is 318 g/mol. The van der Waals surface area contributed by atoms with E-state index in [0.717, 1.165) is 4.31 Å². The number of hydrogen-bond acceptors (Lipinski definition) is 5. The van der Waals surface area contributed by atoms with Gasteiger partial charge in [0, 0.05) is 12.2 Å². The van der Waals surface area contributed by atoms with Crippen molar-refractivity contribution in [3.05, 3.63) is 11.3 Å². The van der Waals surface area contributed by atoms with Gasteiger partial charge in [0.2, 0.25) is 10.9 Å². The summed E-state index contributed by atoms with van der Waals surface area (Å²) in [5, 5.41) is 14.4. The third-order valence-electron chi connectivity index (χ3n) is 2.61. The first-order chi connectivity index (χ1) is 9.57. The first kappa shape index (κ1) is 17.1. The number of aromatic nitrogens is 2. The maximum Gasteiger partial charge on any atom is 0.340 e. The topological polar surface area (TPSA) is 146 Å². The number of amides is 1. The summed E-state index contributed by atoms with van der Waals surface area (Å²) in [5.41, 5.74) is 4.74. The lowest BCUT2D eigenvalue weighted by atomic mass is 10.2. The van der Waals surface area contributed by atoms with Crippen LogP contribution in [0.1, 0.15) is 29.9 Å². The number of carbonyl (C=O) groups is 2. The van der Waals surface area contributed by atoms with Crippen LogP contribution < -0.4 is 5.73 Å². The Kier molecular flexibility index (Phi) is 5.07. The Hall–Kier alpha value is -1.94. The van der Waals surface area contributed by atoms with Crippen molar-refractivity contribution in [3.8, 4) is 0 Å². The van der Waals surface area contributed by atoms with Crippen molar-refractivity contribution in [2.45, 2.75) is 25.8 Å². The highest BCUT2D eigenvalue weighted by Crippen LogP contribution is 2.21. The number of rotatable bonds is 7. The molecular weight excluding hydrogens is 300 g/mol. The number of aryl methyl sites for hydroxylation is 1. The number of primary amides is 1. The number of carbonyl (C=O) groups excluding carboxylic acids is 1. The van der Waals surface area contributed by atoms with Crippen molar-refractivity contribution in [2.75, 3.05) is 13.1 Å². The van der Waals surface area contributed by atoms with Gasteiger partial charge in [0.05, 0.1) is 6.54 Å². The lowest BCUT2D eigenvalue weighted by Gasteiger charge is -2.21. The van der Waals surface area contributed by atoms with Crippen LogP contribution in [0.3, 0.4) is 0 Å². The number of H-pyrrole nitrogens is 1. The average Bonchev–Trinajstić information content (AvgIpc) is 2.69. The van der Waals surface area contributed by atoms with Crippen LogP contribution in [0.4, 0.5) is 0 Å². The van der Waals surface area contributed by atoms with E-state index in [1.807, 2.05) is 0 Å². The monoisotopic (exact) mass is 318 g/mol. The molecule has 0 spiro atoms. The maximum atomic E-state index is 12.5. The molecule has 0 radical (unpaired) electrons. The summed E-state index contributed by atoms with van der Waals surface area (Å²) in [6, 6.07) is 0. The Morgan fingerprint density at radius 3 is 2.43 bits per heavy atom. The minimum absolute atomic E-state index is 0.0240. The number of aromatic amines is 1. The van der Waals surface area contributed by atoms with E-state index in [-0.39, 0.29) is 18.2 Å². The molecule has 21 heavy (non-hydrogen) atoms. The van der Waals surface area contributed by atoms with Gasteiger partial charge in [-0.2, -0.15) is 9.40 Å². The number of aromatic carboxylic acids is 1. The van der Waals surface area contributed by atoms with Crippen LogP contribution in [0.15, 0.2) is 5.03 Å². The molecule has 0 bridgehead atoms. The highest BCUT2D eigenvalue weighted by molar-refractivity contribution is 7.89. The van der Waals surface area contributed by atoms with Crippen LogP contribution in [0, 0.1) is 12.8 Å². The molecule has 0 saturated heterocycles. The summed E-state index contributed by atoms with van der Waals surface area (Å²) < 4.78 is 25.9. The molecule has 4 N–H and O–H groups in total. The van der Waals surface area contributed by atoms with Crippen molar-refractivity contribution >= 4 is 21.9 Å². The fourth-order valence-corrected chi connectivity index (χ4v) is 3.49. The summed E-state index contributed by atoms with van der Waals surface area (Å²) in [6.45, 7) is 4.41. The molecule has 1 rings (SSSR count). The molecule has 0 atom stereocenters. The van der Waals surface area contributed by atoms with Crippen LogP contribution in [0.25, 0.3) is 0 Å². The van der Waals surface area contributed by atoms with Gasteiger partial charge >= 0.3 is 5.97 Å². The Bertz CT molecular complexity index is 650. The van der Waals surface area contributed by atoms with Crippen LogP contribution in [0.5, 0.6) is 0 Å². The van der Waals surface area contributed by atoms with E-state index in [0.29, 0.717) is 0 Å². The quantitative estimate of drug-likeness (QED) is 0.620. The first-order valence-electron chi connectivity index (χ1n) is 6.14. The highest BCUT2D eigenvalue weighted by atomic mass is 32.2. The lowest BCUT2D eigenvalue weighted by molar-refractivity contribution is -0.118. The maximum absolute atomic E-state index is 12.5. The number of nitrogens with two attached hydrogens (primary N) is 1. The Balaban J connectivity index is 3.35. The van der Waals surface area contributed by atoms with Gasteiger partial charge in [0.1, 0.15) is 5.56 Å². The lowest BCUT2D eigenvalue weighted by Crippen LogP contribution is -2.41. The number of carboxylic acid groups (broad SMARTS) is 1. The molecule has 1 amide bonds. The van der Waals surface area contributed by atoms with Gasteiger partial charge in [-0.25, -0.2) is 13.2 Å². The fourth-order valence-electron chi connectivity index (χ4n) is 1.80. The molecule has 0 saturated carbocycles. The van der Waals surface area contributed by atoms with Gasteiger partial charge in [0.15, 0.2) is 0 Å². The van der Waals surface area contributed by atoms with E-state index >= 15 is 0 Å². The van der Waals surface area contributed by atoms with Gasteiger partial charge in [0.25, 0.3) is 10.0 Å². The standard InChI is InChI=1S/C11H18N4O5S/c1-6(2)4-15(5-8(12)16)21(19,20)10-9(11(17)18)7(3)13-14-10/h6H,4-5H2,1-3H3,(H2,12,16)(H,13,14)(H,17,18). The summed E-state index contributed by atoms with van der Waals surface area (Å²) in [7, 11) is -4.24. The van der Waals surface area contributed by atoms with Crippen molar-refractivity contribution in [1.82, 2.24) is 14.5 Å². The summed E-state index contributed by atoms with van der Waals surface area (Å²) in [4.78, 5) is 22.2. The van der Waals surface area contributed by atoms with Gasteiger partial charge in [-0.1, -0.05) is 13.8 Å². The van der Waals surface area contributed by atoms with E-state index in [1.54, 1.807) is 13.8 Å². The van der Waals surface area contributed by atoms with E-state index < -0.39 is 39.0 Å². The highest BCUT2D eigenvalue weighted by Gasteiger charge is 2.34. The predicted molar refractivity (Wildman–Crippen MR) is 73.1 cm³/mol. The van der Waals surface area contributed by atoms with Crippen molar-refractivity contribution in [1.29, 1.82) is 0 Å². The summed E-state index contributed by atoms with van der Waals surface area (Å²) >= 11 is 0. The van der Waals surface area contributed by atoms with Gasteiger partial charge in [-0.15, -0.1) is 0 Å². The van der Waals surface area contributed by atoms with E-state index in [4.69, 9.17) is 10.8 Å². The van der Waals surface area contributed by atoms with Crippen molar-refractivity contribution in [3.63, 3.8) is 0 Å². The zero-order valence-corrected chi connectivity index (χ0v) is 12.8. The second-order valence-electron chi connectivity index (χ2n) is 4.99. The third kappa shape index (κ3) is 3.79. The van der Waals surface area contributed by atoms with Gasteiger partial charge in [-0.05, 0) is 12.8 Å². The largest absolute Gasteiger partial charge is 0.478 e. The molecule has 9 nitrogen and oxygen atoms in total. The molecule has 0 aliphatic heterocycles. The molecule has 0 unspecified atom stereocenters. The molecule has 10 heteroatoms. The van der Waals surface area contributed by atoms with Crippen LogP contribution in [-0.4, -0.2) is 53.0 Å². The molecule has 1 aromatic heterocycles. The number of nitrogens with zero attached hydrogens (tertiary/aromatic N) is 2. The molecule has 0 aromatic carbocycles. The Morgan fingerprint density at radius 1 is 1.43 bits per heavy atom. The zero-order chi connectivity index (χ0) is 16.4. The SMILES string of the molecule is Cc1[nH]nc(S(=O)(=O)N(CC(N)=O)CC(C)C)c1C(=O)O. The van der Waals surface area contributed by atoms with Crippen LogP contribution >= 0.6 is 0 Å². The smallest absolute Gasteiger partial charge is 0.340 e. The molecule has 1 heterocycles.